The molecule has 0 heterocycles. The average molecular weight is 450 g/mol. The zero-order valence-electron chi connectivity index (χ0n) is 15.3. The van der Waals surface area contributed by atoms with E-state index in [1.54, 1.807) is 14.2 Å². The van der Waals surface area contributed by atoms with Crippen molar-refractivity contribution in [1.82, 2.24) is 10.2 Å². The Balaban J connectivity index is 0.00000529. The van der Waals surface area contributed by atoms with Crippen LogP contribution >= 0.6 is 24.0 Å². The summed E-state index contributed by atoms with van der Waals surface area (Å²) in [7, 11) is 3.24. The van der Waals surface area contributed by atoms with E-state index in [1.165, 1.54) is 0 Å². The van der Waals surface area contributed by atoms with Gasteiger partial charge in [0.15, 0.2) is 17.5 Å². The molecule has 24 heavy (non-hydrogen) atoms. The number of nitrogens with one attached hydrogen (secondary N) is 1. The summed E-state index contributed by atoms with van der Waals surface area (Å²) >= 11 is 0. The molecule has 7 heteroatoms. The highest BCUT2D eigenvalue weighted by Gasteiger charge is 2.09. The molecule has 0 radical (unpaired) electrons. The first kappa shape index (κ1) is 22.8. The Labute approximate surface area is 162 Å². The van der Waals surface area contributed by atoms with Gasteiger partial charge >= 0.3 is 0 Å². The number of ether oxygens (including phenoxy) is 2. The van der Waals surface area contributed by atoms with Gasteiger partial charge in [-0.3, -0.25) is 4.90 Å². The van der Waals surface area contributed by atoms with Gasteiger partial charge in [-0.1, -0.05) is 19.9 Å². The normalized spacial score (nSPS) is 12.5. The minimum absolute atomic E-state index is 0. The summed E-state index contributed by atoms with van der Waals surface area (Å²) in [4.78, 5) is 6.75. The number of nitrogens with two attached hydrogens (primary N) is 1. The highest BCUT2D eigenvalue weighted by Crippen LogP contribution is 2.27. The predicted molar refractivity (Wildman–Crippen MR) is 111 cm³/mol. The van der Waals surface area contributed by atoms with Crippen LogP contribution < -0.4 is 20.5 Å². The topological polar surface area (TPSA) is 72.1 Å². The van der Waals surface area contributed by atoms with E-state index in [1.807, 2.05) is 18.2 Å². The summed E-state index contributed by atoms with van der Waals surface area (Å²) in [6.45, 7) is 9.84. The standard InChI is InChI=1S/C17H30N4O2.HI/c1-6-21(7-2)13(3)11-19-17(18)20-12-14-8-9-15(22-4)16(10-14)23-5;/h8-10,13H,6-7,11-12H2,1-5H3,(H3,18,19,20);1H. The van der Waals surface area contributed by atoms with Gasteiger partial charge in [-0.25, -0.2) is 4.99 Å². The van der Waals surface area contributed by atoms with Crippen molar-refractivity contribution in [3.8, 4) is 11.5 Å². The van der Waals surface area contributed by atoms with Crippen molar-refractivity contribution < 1.29 is 9.47 Å². The van der Waals surface area contributed by atoms with Crippen molar-refractivity contribution in [2.45, 2.75) is 33.4 Å². The first-order chi connectivity index (χ1) is 11.0. The van der Waals surface area contributed by atoms with E-state index < -0.39 is 0 Å². The number of rotatable bonds is 9. The molecule has 0 aliphatic rings. The molecule has 1 rings (SSSR count). The zero-order valence-corrected chi connectivity index (χ0v) is 17.7. The van der Waals surface area contributed by atoms with Crippen molar-refractivity contribution >= 4 is 29.9 Å². The van der Waals surface area contributed by atoms with Crippen molar-refractivity contribution in [2.75, 3.05) is 33.9 Å². The molecule has 0 aliphatic carbocycles. The third kappa shape index (κ3) is 7.12. The van der Waals surface area contributed by atoms with Crippen LogP contribution in [-0.2, 0) is 6.54 Å². The maximum atomic E-state index is 5.94. The molecular formula is C17H31IN4O2. The fourth-order valence-electron chi connectivity index (χ4n) is 2.44. The molecule has 138 valence electrons. The Kier molecular flexibility index (Phi) is 11.6. The summed E-state index contributed by atoms with van der Waals surface area (Å²) in [6, 6.07) is 6.15. The number of likely N-dealkylation sites (N-methyl/N-ethyl adjacent to an activating group) is 1. The lowest BCUT2D eigenvalue weighted by Gasteiger charge is -2.26. The molecule has 1 aromatic carbocycles. The largest absolute Gasteiger partial charge is 0.493 e. The Morgan fingerprint density at radius 1 is 1.21 bits per heavy atom. The number of aliphatic imine (C=N–C) groups is 1. The Morgan fingerprint density at radius 2 is 1.83 bits per heavy atom. The molecule has 0 spiro atoms. The smallest absolute Gasteiger partial charge is 0.188 e. The van der Waals surface area contributed by atoms with E-state index in [2.05, 4.69) is 36.0 Å². The third-order valence-corrected chi connectivity index (χ3v) is 3.89. The first-order valence-electron chi connectivity index (χ1n) is 8.04. The van der Waals surface area contributed by atoms with Crippen molar-refractivity contribution in [1.29, 1.82) is 0 Å². The van der Waals surface area contributed by atoms with Gasteiger partial charge in [0.1, 0.15) is 0 Å². The van der Waals surface area contributed by atoms with E-state index in [9.17, 15) is 0 Å². The number of halogens is 1. The van der Waals surface area contributed by atoms with Gasteiger partial charge in [0, 0.05) is 12.6 Å². The quantitative estimate of drug-likeness (QED) is 0.344. The van der Waals surface area contributed by atoms with E-state index >= 15 is 0 Å². The molecule has 1 unspecified atom stereocenters. The van der Waals surface area contributed by atoms with E-state index in [0.29, 0.717) is 30.0 Å². The molecule has 0 fully saturated rings. The van der Waals surface area contributed by atoms with Crippen LogP contribution in [-0.4, -0.2) is 50.8 Å². The van der Waals surface area contributed by atoms with Crippen LogP contribution in [0.3, 0.4) is 0 Å². The van der Waals surface area contributed by atoms with Gasteiger partial charge < -0.3 is 20.5 Å². The molecular weight excluding hydrogens is 419 g/mol. The molecule has 0 aliphatic heterocycles. The maximum Gasteiger partial charge on any atom is 0.188 e. The number of hydrogen-bond acceptors (Lipinski definition) is 4. The number of hydrogen-bond donors (Lipinski definition) is 2. The lowest BCUT2D eigenvalue weighted by Crippen LogP contribution is -2.44. The van der Waals surface area contributed by atoms with Crippen LogP contribution in [0.1, 0.15) is 26.3 Å². The Morgan fingerprint density at radius 3 is 2.38 bits per heavy atom. The van der Waals surface area contributed by atoms with Crippen molar-refractivity contribution in [3.05, 3.63) is 23.8 Å². The van der Waals surface area contributed by atoms with Crippen LogP contribution in [0.5, 0.6) is 11.5 Å². The first-order valence-corrected chi connectivity index (χ1v) is 8.04. The van der Waals surface area contributed by atoms with Gasteiger partial charge in [-0.05, 0) is 37.7 Å². The molecule has 3 N–H and O–H groups in total. The number of guanidine groups is 1. The molecule has 0 amide bonds. The highest BCUT2D eigenvalue weighted by atomic mass is 127. The number of benzene rings is 1. The monoisotopic (exact) mass is 450 g/mol. The minimum atomic E-state index is 0. The van der Waals surface area contributed by atoms with Crippen LogP contribution in [0.15, 0.2) is 23.2 Å². The third-order valence-electron chi connectivity index (χ3n) is 3.89. The second-order valence-corrected chi connectivity index (χ2v) is 5.34. The summed E-state index contributed by atoms with van der Waals surface area (Å²) in [5, 5.41) is 3.18. The van der Waals surface area contributed by atoms with E-state index in [0.717, 1.165) is 25.2 Å². The zero-order chi connectivity index (χ0) is 17.2. The van der Waals surface area contributed by atoms with E-state index in [4.69, 9.17) is 15.2 Å². The summed E-state index contributed by atoms with van der Waals surface area (Å²) < 4.78 is 10.5. The van der Waals surface area contributed by atoms with Crippen LogP contribution in [0.2, 0.25) is 0 Å². The Hall–Kier alpha value is -1.22. The van der Waals surface area contributed by atoms with Gasteiger partial charge in [0.2, 0.25) is 0 Å². The number of nitrogens with zero attached hydrogens (tertiary/aromatic N) is 2. The molecule has 0 saturated heterocycles. The average Bonchev–Trinajstić information content (AvgIpc) is 2.58. The second kappa shape index (κ2) is 12.2. The lowest BCUT2D eigenvalue weighted by molar-refractivity contribution is 0.232. The maximum absolute atomic E-state index is 5.94. The van der Waals surface area contributed by atoms with Gasteiger partial charge in [0.25, 0.3) is 0 Å². The van der Waals surface area contributed by atoms with Crippen LogP contribution in [0.25, 0.3) is 0 Å². The fourth-order valence-corrected chi connectivity index (χ4v) is 2.44. The summed E-state index contributed by atoms with van der Waals surface area (Å²) in [5.74, 6) is 1.86. The lowest BCUT2D eigenvalue weighted by atomic mass is 10.2. The second-order valence-electron chi connectivity index (χ2n) is 5.34. The minimum Gasteiger partial charge on any atom is -0.493 e. The molecule has 0 bridgehead atoms. The number of methoxy groups -OCH3 is 2. The van der Waals surface area contributed by atoms with Crippen LogP contribution in [0, 0.1) is 0 Å². The molecule has 0 aromatic heterocycles. The van der Waals surface area contributed by atoms with Gasteiger partial charge in [0.05, 0.1) is 20.8 Å². The predicted octanol–water partition coefficient (Wildman–Crippen LogP) is 2.46. The van der Waals surface area contributed by atoms with Crippen molar-refractivity contribution in [2.24, 2.45) is 10.7 Å². The summed E-state index contributed by atoms with van der Waals surface area (Å²) in [5.41, 5.74) is 6.96. The van der Waals surface area contributed by atoms with Crippen molar-refractivity contribution in [3.63, 3.8) is 0 Å². The molecule has 6 nitrogen and oxygen atoms in total. The molecule has 1 atom stereocenters. The molecule has 1 aromatic rings. The fraction of sp³-hybridized carbons (Fsp3) is 0.588. The Bertz CT molecular complexity index is 507. The highest BCUT2D eigenvalue weighted by molar-refractivity contribution is 14.0. The van der Waals surface area contributed by atoms with Gasteiger partial charge in [-0.15, -0.1) is 24.0 Å². The molecule has 0 saturated carbocycles. The summed E-state index contributed by atoms with van der Waals surface area (Å²) in [6.07, 6.45) is 0. The van der Waals surface area contributed by atoms with Crippen LogP contribution in [0.4, 0.5) is 0 Å². The SMILES string of the molecule is CCN(CC)C(C)CNC(N)=NCc1ccc(OC)c(OC)c1.I. The van der Waals surface area contributed by atoms with E-state index in [-0.39, 0.29) is 24.0 Å². The van der Waals surface area contributed by atoms with Gasteiger partial charge in [-0.2, -0.15) is 0 Å².